The smallest absolute Gasteiger partial charge is 0.330 e. The van der Waals surface area contributed by atoms with E-state index in [2.05, 4.69) is 27.9 Å². The minimum absolute atomic E-state index is 0.0745. The van der Waals surface area contributed by atoms with E-state index < -0.39 is 74.2 Å². The van der Waals surface area contributed by atoms with Crippen LogP contribution < -0.4 is 30.8 Å². The maximum absolute atomic E-state index is 12.0. The summed E-state index contributed by atoms with van der Waals surface area (Å²) >= 11 is 0. The molecule has 1 fully saturated rings. The quantitative estimate of drug-likeness (QED) is 0.122. The van der Waals surface area contributed by atoms with Gasteiger partial charge in [0.2, 0.25) is 0 Å². The van der Waals surface area contributed by atoms with Gasteiger partial charge >= 0.3 is 5.69 Å². The molecule has 2 rings (SSSR count). The van der Waals surface area contributed by atoms with Crippen molar-refractivity contribution in [3.63, 3.8) is 0 Å². The van der Waals surface area contributed by atoms with Gasteiger partial charge in [-0.1, -0.05) is 0 Å². The van der Waals surface area contributed by atoms with Crippen LogP contribution >= 0.6 is 31.3 Å². The van der Waals surface area contributed by atoms with Gasteiger partial charge in [-0.25, -0.2) is 17.7 Å². The van der Waals surface area contributed by atoms with Gasteiger partial charge in [0.25, 0.3) is 36.9 Å². The third-order valence-electron chi connectivity index (χ3n) is 4.62. The molecule has 1 aliphatic heterocycles. The molecule has 1 aromatic heterocycles. The predicted octanol–water partition coefficient (Wildman–Crippen LogP) is -1.75. The zero-order valence-corrected chi connectivity index (χ0v) is 23.4. The molecule has 1 aromatic rings. The van der Waals surface area contributed by atoms with Crippen LogP contribution in [0.4, 0.5) is 0 Å². The SMILES string of the molecule is C#CCCCCOP(=O)([O-])OP(=O)([O-])OP(=O)([O-])OP(=O)([O-])OC[C@H]1O[C@@H](n2cc(C)c(=O)[nH]c2=O)CC1O. The van der Waals surface area contributed by atoms with Gasteiger partial charge in [0, 0.05) is 24.6 Å². The summed E-state index contributed by atoms with van der Waals surface area (Å²) in [6.07, 6.45) is 2.42. The average Bonchev–Trinajstić information content (AvgIpc) is 3.12. The number of aromatic nitrogens is 2. The van der Waals surface area contributed by atoms with Gasteiger partial charge < -0.3 is 38.5 Å². The Morgan fingerprint density at radius 3 is 2.21 bits per heavy atom. The molecule has 1 aliphatic rings. The molecule has 0 amide bonds. The fourth-order valence-electron chi connectivity index (χ4n) is 2.95. The molecule has 222 valence electrons. The van der Waals surface area contributed by atoms with Crippen molar-refractivity contribution in [1.82, 2.24) is 9.55 Å². The topological polar surface area (TPSA) is 291 Å². The van der Waals surface area contributed by atoms with Crippen molar-refractivity contribution in [2.75, 3.05) is 13.2 Å². The monoisotopic (exact) mass is 638 g/mol. The number of aromatic amines is 1. The van der Waals surface area contributed by atoms with E-state index in [9.17, 15) is 52.5 Å². The number of phosphoric acid groups is 4. The molecule has 0 radical (unpaired) electrons. The van der Waals surface area contributed by atoms with Gasteiger partial charge in [0.15, 0.2) is 0 Å². The lowest BCUT2D eigenvalue weighted by Crippen LogP contribution is -2.33. The van der Waals surface area contributed by atoms with Crippen LogP contribution in [0, 0.1) is 19.3 Å². The standard InChI is InChI=1S/C16H26N2O17P4/c1-3-4-5-6-7-30-36(22,23)33-38(26,27)35-39(28,29)34-37(24,25)31-10-13-12(19)8-14(32-13)18-9-11(2)15(20)17-16(18)21/h1,9,12-14,19H,4-8,10H2,2H3,(H,22,23)(H,24,25)(H,26,27)(H,28,29)(H,17,20,21)/p-4/t12?,13-,14-/m1/s1. The highest BCUT2D eigenvalue weighted by Gasteiger charge is 2.37. The van der Waals surface area contributed by atoms with Crippen molar-refractivity contribution in [2.24, 2.45) is 0 Å². The van der Waals surface area contributed by atoms with Crippen molar-refractivity contribution < 1.29 is 69.7 Å². The summed E-state index contributed by atoms with van der Waals surface area (Å²) in [6.45, 7) is -0.263. The van der Waals surface area contributed by atoms with Gasteiger partial charge in [0.1, 0.15) is 12.3 Å². The molecule has 23 heteroatoms. The van der Waals surface area contributed by atoms with Crippen molar-refractivity contribution in [1.29, 1.82) is 0 Å². The molecular formula is C16H22N2O17P4-4. The molecule has 0 aromatic carbocycles. The Hall–Kier alpha value is -1.28. The van der Waals surface area contributed by atoms with E-state index >= 15 is 0 Å². The number of hydrogen-bond acceptors (Lipinski definition) is 17. The minimum atomic E-state index is -6.39. The van der Waals surface area contributed by atoms with E-state index in [1.54, 1.807) is 0 Å². The van der Waals surface area contributed by atoms with Crippen LogP contribution in [0.1, 0.15) is 37.5 Å². The number of nitrogens with one attached hydrogen (secondary N) is 1. The molecule has 19 nitrogen and oxygen atoms in total. The van der Waals surface area contributed by atoms with Crippen LogP contribution in [0.15, 0.2) is 15.8 Å². The summed E-state index contributed by atoms with van der Waals surface area (Å²) in [4.78, 5) is 72.3. The van der Waals surface area contributed by atoms with E-state index in [-0.39, 0.29) is 24.8 Å². The van der Waals surface area contributed by atoms with Gasteiger partial charge in [-0.05, 0) is 19.8 Å². The van der Waals surface area contributed by atoms with E-state index in [0.29, 0.717) is 6.42 Å². The van der Waals surface area contributed by atoms with Crippen molar-refractivity contribution in [2.45, 2.75) is 51.0 Å². The Labute approximate surface area is 220 Å². The maximum atomic E-state index is 12.0. The second-order valence-corrected chi connectivity index (χ2v) is 13.8. The van der Waals surface area contributed by atoms with Crippen molar-refractivity contribution in [3.05, 3.63) is 32.6 Å². The Morgan fingerprint density at radius 1 is 1.05 bits per heavy atom. The number of aliphatic hydroxyl groups excluding tert-OH is 1. The number of aliphatic hydroxyl groups is 1. The first-order chi connectivity index (χ1) is 17.9. The summed E-state index contributed by atoms with van der Waals surface area (Å²) in [5, 5.41) is 10.1. The molecule has 1 saturated heterocycles. The number of nitrogens with zero attached hydrogens (tertiary/aromatic N) is 1. The number of phosphoric ester groups is 2. The summed E-state index contributed by atoms with van der Waals surface area (Å²) < 4.78 is 72.1. The highest BCUT2D eigenvalue weighted by molar-refractivity contribution is 7.68. The summed E-state index contributed by atoms with van der Waals surface area (Å²) in [5.74, 6) is 2.26. The molecule has 0 bridgehead atoms. The molecular weight excluding hydrogens is 616 g/mol. The number of terminal acetylenes is 1. The van der Waals surface area contributed by atoms with Crippen molar-refractivity contribution >= 4 is 31.3 Å². The van der Waals surface area contributed by atoms with E-state index in [0.717, 1.165) is 10.8 Å². The Balaban J connectivity index is 1.93. The molecule has 5 unspecified atom stereocenters. The van der Waals surface area contributed by atoms with Crippen molar-refractivity contribution in [3.8, 4) is 12.3 Å². The van der Waals surface area contributed by atoms with E-state index in [4.69, 9.17) is 11.2 Å². The molecule has 0 saturated carbocycles. The first-order valence-corrected chi connectivity index (χ1v) is 16.5. The average molecular weight is 638 g/mol. The molecule has 0 spiro atoms. The number of H-pyrrole nitrogens is 1. The molecule has 2 heterocycles. The van der Waals surface area contributed by atoms with Gasteiger partial charge in [0.05, 0.1) is 19.3 Å². The molecule has 2 N–H and O–H groups in total. The van der Waals surface area contributed by atoms with E-state index in [1.807, 2.05) is 4.98 Å². The first-order valence-electron chi connectivity index (χ1n) is 10.6. The maximum Gasteiger partial charge on any atom is 0.330 e. The Morgan fingerprint density at radius 2 is 1.62 bits per heavy atom. The largest absolute Gasteiger partial charge is 0.756 e. The second kappa shape index (κ2) is 13.6. The molecule has 7 atom stereocenters. The van der Waals surface area contributed by atoms with Gasteiger partial charge in [-0.2, -0.15) is 0 Å². The Bertz CT molecular complexity index is 1370. The lowest BCUT2D eigenvalue weighted by Gasteiger charge is -2.36. The summed E-state index contributed by atoms with van der Waals surface area (Å²) in [5.41, 5.74) is -1.44. The van der Waals surface area contributed by atoms with E-state index in [1.165, 1.54) is 6.92 Å². The minimum Gasteiger partial charge on any atom is -0.756 e. The highest BCUT2D eigenvalue weighted by Crippen LogP contribution is 2.66. The van der Waals surface area contributed by atoms with Crippen LogP contribution in [-0.2, 0) is 45.0 Å². The third kappa shape index (κ3) is 11.3. The summed E-state index contributed by atoms with van der Waals surface area (Å²) in [6, 6.07) is 0. The number of hydrogen-bond donors (Lipinski definition) is 2. The lowest BCUT2D eigenvalue weighted by atomic mass is 10.2. The fourth-order valence-corrected chi connectivity index (χ4v) is 7.72. The number of rotatable bonds is 15. The van der Waals surface area contributed by atoms with Crippen LogP contribution in [0.2, 0.25) is 0 Å². The predicted molar refractivity (Wildman–Crippen MR) is 119 cm³/mol. The van der Waals surface area contributed by atoms with Gasteiger partial charge in [-0.3, -0.25) is 32.6 Å². The fraction of sp³-hybridized carbons (Fsp3) is 0.625. The Kier molecular flexibility index (Phi) is 11.8. The van der Waals surface area contributed by atoms with Crippen LogP contribution in [0.25, 0.3) is 0 Å². The zero-order chi connectivity index (χ0) is 29.6. The van der Waals surface area contributed by atoms with Crippen LogP contribution in [-0.4, -0.2) is 40.1 Å². The number of aryl methyl sites for hydroxylation is 1. The van der Waals surface area contributed by atoms with Crippen LogP contribution in [0.3, 0.4) is 0 Å². The molecule has 0 aliphatic carbocycles. The molecule has 39 heavy (non-hydrogen) atoms. The number of ether oxygens (including phenoxy) is 1. The number of unbranched alkanes of at least 4 members (excludes halogenated alkanes) is 2. The second-order valence-electron chi connectivity index (χ2n) is 7.73. The normalized spacial score (nSPS) is 25.6. The highest BCUT2D eigenvalue weighted by atomic mass is 31.3. The first kappa shape index (κ1) is 33.9. The lowest BCUT2D eigenvalue weighted by molar-refractivity contribution is -0.254. The van der Waals surface area contributed by atoms with Crippen LogP contribution in [0.5, 0.6) is 0 Å². The van der Waals surface area contributed by atoms with Gasteiger partial charge in [-0.15, -0.1) is 12.3 Å². The third-order valence-corrected chi connectivity index (χ3v) is 10.4. The summed E-state index contributed by atoms with van der Waals surface area (Å²) in [7, 11) is -24.3. The zero-order valence-electron chi connectivity index (χ0n) is 19.8.